The molecule has 0 amide bonds. The van der Waals surface area contributed by atoms with Crippen LogP contribution in [-0.4, -0.2) is 23.8 Å². The van der Waals surface area contributed by atoms with E-state index in [-0.39, 0.29) is 17.9 Å². The summed E-state index contributed by atoms with van der Waals surface area (Å²) in [5, 5.41) is 8.67. The molecule has 0 aromatic carbocycles. The number of carboxylic acid groups (broad SMARTS) is 1. The standard InChI is InChI=1S/C11H20O3/c1-11(2,3)8-4-5-14-9(6-8)7-10(12)13/h8-9H,4-7H2,1-3H3,(H,12,13). The van der Waals surface area contributed by atoms with E-state index in [0.29, 0.717) is 12.5 Å². The van der Waals surface area contributed by atoms with Gasteiger partial charge in [0.15, 0.2) is 0 Å². The molecule has 0 aromatic rings. The Hall–Kier alpha value is -0.570. The molecule has 1 fully saturated rings. The van der Waals surface area contributed by atoms with Crippen molar-refractivity contribution in [2.45, 2.75) is 46.1 Å². The van der Waals surface area contributed by atoms with Crippen LogP contribution in [0.4, 0.5) is 0 Å². The van der Waals surface area contributed by atoms with Crippen LogP contribution in [0.5, 0.6) is 0 Å². The summed E-state index contributed by atoms with van der Waals surface area (Å²) in [6, 6.07) is 0. The molecular weight excluding hydrogens is 180 g/mol. The van der Waals surface area contributed by atoms with Crippen molar-refractivity contribution in [1.29, 1.82) is 0 Å². The van der Waals surface area contributed by atoms with Gasteiger partial charge in [-0.3, -0.25) is 4.79 Å². The third-order valence-electron chi connectivity index (χ3n) is 2.99. The third-order valence-corrected chi connectivity index (χ3v) is 2.99. The van der Waals surface area contributed by atoms with Gasteiger partial charge >= 0.3 is 5.97 Å². The van der Waals surface area contributed by atoms with E-state index in [2.05, 4.69) is 20.8 Å². The number of hydrogen-bond donors (Lipinski definition) is 1. The van der Waals surface area contributed by atoms with Crippen LogP contribution in [0.25, 0.3) is 0 Å². The zero-order valence-corrected chi connectivity index (χ0v) is 9.25. The molecule has 0 radical (unpaired) electrons. The van der Waals surface area contributed by atoms with Gasteiger partial charge in [-0.1, -0.05) is 20.8 Å². The Balaban J connectivity index is 2.48. The van der Waals surface area contributed by atoms with Gasteiger partial charge in [-0.15, -0.1) is 0 Å². The highest BCUT2D eigenvalue weighted by Gasteiger charge is 2.31. The Kier molecular flexibility index (Phi) is 3.53. The van der Waals surface area contributed by atoms with Crippen LogP contribution in [0, 0.1) is 11.3 Å². The van der Waals surface area contributed by atoms with Crippen molar-refractivity contribution in [1.82, 2.24) is 0 Å². The third kappa shape index (κ3) is 3.29. The van der Waals surface area contributed by atoms with Gasteiger partial charge in [0.25, 0.3) is 0 Å². The molecule has 1 heterocycles. The molecular formula is C11H20O3. The highest BCUT2D eigenvalue weighted by molar-refractivity contribution is 5.67. The monoisotopic (exact) mass is 200 g/mol. The van der Waals surface area contributed by atoms with E-state index in [1.807, 2.05) is 0 Å². The Morgan fingerprint density at radius 1 is 1.50 bits per heavy atom. The van der Waals surface area contributed by atoms with Crippen molar-refractivity contribution in [3.05, 3.63) is 0 Å². The second kappa shape index (κ2) is 4.30. The summed E-state index contributed by atoms with van der Waals surface area (Å²) in [7, 11) is 0. The maximum absolute atomic E-state index is 10.5. The summed E-state index contributed by atoms with van der Waals surface area (Å²) in [5.41, 5.74) is 0.264. The molecule has 1 N–H and O–H groups in total. The van der Waals surface area contributed by atoms with Crippen LogP contribution in [0.2, 0.25) is 0 Å². The SMILES string of the molecule is CC(C)(C)C1CCOC(CC(=O)O)C1. The average Bonchev–Trinajstić information content (AvgIpc) is 2.01. The quantitative estimate of drug-likeness (QED) is 0.744. The fourth-order valence-electron chi connectivity index (χ4n) is 2.00. The number of ether oxygens (including phenoxy) is 1. The Labute approximate surface area is 85.5 Å². The molecule has 0 bridgehead atoms. The van der Waals surface area contributed by atoms with Gasteiger partial charge in [-0.05, 0) is 24.2 Å². The lowest BCUT2D eigenvalue weighted by Crippen LogP contribution is -2.34. The van der Waals surface area contributed by atoms with E-state index in [4.69, 9.17) is 9.84 Å². The number of rotatable bonds is 2. The van der Waals surface area contributed by atoms with Crippen molar-refractivity contribution in [2.24, 2.45) is 11.3 Å². The van der Waals surface area contributed by atoms with Crippen LogP contribution in [0.1, 0.15) is 40.0 Å². The summed E-state index contributed by atoms with van der Waals surface area (Å²) in [4.78, 5) is 10.5. The zero-order chi connectivity index (χ0) is 10.8. The first-order valence-corrected chi connectivity index (χ1v) is 5.23. The zero-order valence-electron chi connectivity index (χ0n) is 9.25. The topological polar surface area (TPSA) is 46.5 Å². The number of aliphatic carboxylic acids is 1. The largest absolute Gasteiger partial charge is 0.481 e. The lowest BCUT2D eigenvalue weighted by atomic mass is 9.74. The van der Waals surface area contributed by atoms with Gasteiger partial charge in [-0.2, -0.15) is 0 Å². The molecule has 2 unspecified atom stereocenters. The molecule has 3 heteroatoms. The molecule has 1 saturated heterocycles. The van der Waals surface area contributed by atoms with Crippen molar-refractivity contribution in [2.75, 3.05) is 6.61 Å². The average molecular weight is 200 g/mol. The van der Waals surface area contributed by atoms with Gasteiger partial charge in [0.1, 0.15) is 0 Å². The van der Waals surface area contributed by atoms with Gasteiger partial charge in [0.2, 0.25) is 0 Å². The first-order chi connectivity index (χ1) is 6.39. The maximum Gasteiger partial charge on any atom is 0.305 e. The molecule has 0 aromatic heterocycles. The summed E-state index contributed by atoms with van der Waals surface area (Å²) in [6.45, 7) is 7.34. The fourth-order valence-corrected chi connectivity index (χ4v) is 2.00. The van der Waals surface area contributed by atoms with E-state index >= 15 is 0 Å². The normalized spacial score (nSPS) is 28.8. The van der Waals surface area contributed by atoms with Crippen LogP contribution in [0.15, 0.2) is 0 Å². The van der Waals surface area contributed by atoms with Crippen LogP contribution in [-0.2, 0) is 9.53 Å². The predicted molar refractivity (Wildman–Crippen MR) is 54.2 cm³/mol. The molecule has 14 heavy (non-hydrogen) atoms. The molecule has 0 saturated carbocycles. The summed E-state index contributed by atoms with van der Waals surface area (Å²) in [6.07, 6.45) is 2.01. The molecule has 0 aliphatic carbocycles. The second-order valence-electron chi connectivity index (χ2n) is 5.18. The van der Waals surface area contributed by atoms with Gasteiger partial charge in [-0.25, -0.2) is 0 Å². The lowest BCUT2D eigenvalue weighted by Gasteiger charge is -2.37. The van der Waals surface area contributed by atoms with Gasteiger partial charge in [0.05, 0.1) is 12.5 Å². The van der Waals surface area contributed by atoms with Crippen molar-refractivity contribution < 1.29 is 14.6 Å². The predicted octanol–water partition coefficient (Wildman–Crippen LogP) is 2.30. The molecule has 1 rings (SSSR count). The van der Waals surface area contributed by atoms with Crippen molar-refractivity contribution in [3.8, 4) is 0 Å². The summed E-state index contributed by atoms with van der Waals surface area (Å²) >= 11 is 0. The molecule has 1 aliphatic rings. The molecule has 2 atom stereocenters. The lowest BCUT2D eigenvalue weighted by molar-refractivity contribution is -0.142. The van der Waals surface area contributed by atoms with Crippen LogP contribution >= 0.6 is 0 Å². The van der Waals surface area contributed by atoms with Gasteiger partial charge in [0, 0.05) is 6.61 Å². The molecule has 0 spiro atoms. The van der Waals surface area contributed by atoms with Gasteiger partial charge < -0.3 is 9.84 Å². The highest BCUT2D eigenvalue weighted by atomic mass is 16.5. The number of hydrogen-bond acceptors (Lipinski definition) is 2. The number of carbonyl (C=O) groups is 1. The molecule has 3 nitrogen and oxygen atoms in total. The van der Waals surface area contributed by atoms with Crippen molar-refractivity contribution >= 4 is 5.97 Å². The van der Waals surface area contributed by atoms with E-state index in [1.165, 1.54) is 0 Å². The number of carboxylic acids is 1. The molecule has 82 valence electrons. The Morgan fingerprint density at radius 3 is 2.64 bits per heavy atom. The highest BCUT2D eigenvalue weighted by Crippen LogP contribution is 2.36. The van der Waals surface area contributed by atoms with E-state index in [1.54, 1.807) is 0 Å². The molecule has 1 aliphatic heterocycles. The maximum atomic E-state index is 10.5. The van der Waals surface area contributed by atoms with Crippen LogP contribution in [0.3, 0.4) is 0 Å². The summed E-state index contributed by atoms with van der Waals surface area (Å²) in [5.74, 6) is -0.176. The van der Waals surface area contributed by atoms with Crippen molar-refractivity contribution in [3.63, 3.8) is 0 Å². The van der Waals surface area contributed by atoms with Crippen LogP contribution < -0.4 is 0 Å². The second-order valence-corrected chi connectivity index (χ2v) is 5.18. The minimum absolute atomic E-state index is 0.0783. The van der Waals surface area contributed by atoms with E-state index in [0.717, 1.165) is 12.8 Å². The fraction of sp³-hybridized carbons (Fsp3) is 0.909. The Bertz CT molecular complexity index is 205. The Morgan fingerprint density at radius 2 is 2.14 bits per heavy atom. The minimum atomic E-state index is -0.760. The summed E-state index contributed by atoms with van der Waals surface area (Å²) < 4.78 is 5.43. The van der Waals surface area contributed by atoms with E-state index in [9.17, 15) is 4.79 Å². The first kappa shape index (κ1) is 11.5. The smallest absolute Gasteiger partial charge is 0.305 e. The first-order valence-electron chi connectivity index (χ1n) is 5.23. The minimum Gasteiger partial charge on any atom is -0.481 e. The van der Waals surface area contributed by atoms with E-state index < -0.39 is 5.97 Å².